The van der Waals surface area contributed by atoms with Crippen LogP contribution in [0.25, 0.3) is 16.7 Å². The molecule has 5 rings (SSSR count). The van der Waals surface area contributed by atoms with E-state index in [2.05, 4.69) is 16.8 Å². The molecule has 4 aromatic rings. The Hall–Kier alpha value is -3.39. The smallest absolute Gasteiger partial charge is 0.263 e. The van der Waals surface area contributed by atoms with E-state index in [4.69, 9.17) is 0 Å². The number of hydrogen-bond acceptors (Lipinski definition) is 5. The first-order valence-electron chi connectivity index (χ1n) is 10.7. The average Bonchev–Trinajstić information content (AvgIpc) is 3.51. The van der Waals surface area contributed by atoms with Gasteiger partial charge in [-0.15, -0.1) is 16.8 Å². The maximum absolute atomic E-state index is 12.9. The van der Waals surface area contributed by atoms with Crippen LogP contribution in [0.3, 0.4) is 0 Å². The number of likely N-dealkylation sites (tertiary alicyclic amines) is 1. The first-order chi connectivity index (χ1) is 15.7. The number of fused-ring (bicyclic) bond motifs is 3. The van der Waals surface area contributed by atoms with E-state index >= 15 is 0 Å². The second-order valence-corrected chi connectivity index (χ2v) is 8.77. The summed E-state index contributed by atoms with van der Waals surface area (Å²) in [6.07, 6.45) is 3.85. The summed E-state index contributed by atoms with van der Waals surface area (Å²) in [7, 11) is 0. The average molecular weight is 446 g/mol. The summed E-state index contributed by atoms with van der Waals surface area (Å²) in [4.78, 5) is 27.4. The lowest BCUT2D eigenvalue weighted by Crippen LogP contribution is -2.27. The van der Waals surface area contributed by atoms with Gasteiger partial charge in [0.15, 0.2) is 5.16 Å². The molecule has 0 radical (unpaired) electrons. The Bertz CT molecular complexity index is 1370. The van der Waals surface area contributed by atoms with Crippen molar-refractivity contribution >= 4 is 34.3 Å². The van der Waals surface area contributed by atoms with Crippen molar-refractivity contribution < 1.29 is 4.79 Å². The number of para-hydroxylation sites is 1. The fourth-order valence-corrected chi connectivity index (χ4v) is 5.01. The molecule has 2 aromatic heterocycles. The van der Waals surface area contributed by atoms with Crippen molar-refractivity contribution in [1.82, 2.24) is 24.1 Å². The Morgan fingerprint density at radius 3 is 2.56 bits per heavy atom. The zero-order chi connectivity index (χ0) is 22.1. The minimum absolute atomic E-state index is 0.102. The third kappa shape index (κ3) is 3.60. The largest absolute Gasteiger partial charge is 0.339 e. The van der Waals surface area contributed by atoms with Gasteiger partial charge in [0.05, 0.1) is 10.9 Å². The molecule has 7 nitrogen and oxygen atoms in total. The highest BCUT2D eigenvalue weighted by molar-refractivity contribution is 7.98. The van der Waals surface area contributed by atoms with Crippen LogP contribution in [0, 0.1) is 0 Å². The van der Waals surface area contributed by atoms with Gasteiger partial charge in [-0.05, 0) is 42.7 Å². The van der Waals surface area contributed by atoms with Gasteiger partial charge < -0.3 is 4.90 Å². The SMILES string of the molecule is C=CCn1c(=O)c2ccccc2n2c(SCc3ccc(C(=O)N4CCCC4)cc3)nnc12. The molecule has 0 bridgehead atoms. The number of thioether (sulfide) groups is 1. The second kappa shape index (κ2) is 8.63. The number of rotatable bonds is 6. The van der Waals surface area contributed by atoms with Crippen LogP contribution in [0.4, 0.5) is 0 Å². The van der Waals surface area contributed by atoms with E-state index in [0.717, 1.165) is 42.6 Å². The minimum Gasteiger partial charge on any atom is -0.339 e. The van der Waals surface area contributed by atoms with Crippen LogP contribution < -0.4 is 5.56 Å². The summed E-state index contributed by atoms with van der Waals surface area (Å²) in [5, 5.41) is 10.00. The molecule has 1 amide bonds. The summed E-state index contributed by atoms with van der Waals surface area (Å²) in [5.74, 6) is 1.29. The number of amides is 1. The van der Waals surface area contributed by atoms with Crippen LogP contribution in [-0.2, 0) is 12.3 Å². The predicted octanol–water partition coefficient (Wildman–Crippen LogP) is 3.76. The Labute approximate surface area is 189 Å². The molecule has 8 heteroatoms. The Morgan fingerprint density at radius 2 is 1.81 bits per heavy atom. The molecule has 1 aliphatic rings. The lowest BCUT2D eigenvalue weighted by atomic mass is 10.1. The van der Waals surface area contributed by atoms with Gasteiger partial charge in [-0.1, -0.05) is 42.1 Å². The highest BCUT2D eigenvalue weighted by Gasteiger charge is 2.19. The minimum atomic E-state index is -0.102. The van der Waals surface area contributed by atoms with E-state index in [1.165, 1.54) is 0 Å². The van der Waals surface area contributed by atoms with E-state index < -0.39 is 0 Å². The van der Waals surface area contributed by atoms with Crippen LogP contribution in [0.2, 0.25) is 0 Å². The van der Waals surface area contributed by atoms with Crippen LogP contribution in [0.1, 0.15) is 28.8 Å². The van der Waals surface area contributed by atoms with Crippen molar-refractivity contribution in [2.75, 3.05) is 13.1 Å². The molecule has 0 spiro atoms. The Balaban J connectivity index is 1.43. The zero-order valence-electron chi connectivity index (χ0n) is 17.6. The maximum Gasteiger partial charge on any atom is 0.263 e. The van der Waals surface area contributed by atoms with Gasteiger partial charge in [-0.3, -0.25) is 18.6 Å². The molecule has 0 N–H and O–H groups in total. The quantitative estimate of drug-likeness (QED) is 0.334. The van der Waals surface area contributed by atoms with Crippen molar-refractivity contribution in [3.8, 4) is 0 Å². The van der Waals surface area contributed by atoms with Crippen LogP contribution >= 0.6 is 11.8 Å². The fourth-order valence-electron chi connectivity index (χ4n) is 4.11. The van der Waals surface area contributed by atoms with Gasteiger partial charge in [-0.2, -0.15) is 0 Å². The summed E-state index contributed by atoms with van der Waals surface area (Å²) in [5.41, 5.74) is 2.50. The van der Waals surface area contributed by atoms with Crippen molar-refractivity contribution in [3.05, 3.63) is 82.7 Å². The molecule has 1 saturated heterocycles. The Morgan fingerprint density at radius 1 is 1.06 bits per heavy atom. The maximum atomic E-state index is 12.9. The molecule has 0 aliphatic carbocycles. The molecule has 162 valence electrons. The molecule has 1 fully saturated rings. The van der Waals surface area contributed by atoms with Crippen molar-refractivity contribution in [3.63, 3.8) is 0 Å². The summed E-state index contributed by atoms with van der Waals surface area (Å²) in [6, 6.07) is 15.3. The van der Waals surface area contributed by atoms with Crippen molar-refractivity contribution in [1.29, 1.82) is 0 Å². The number of benzene rings is 2. The van der Waals surface area contributed by atoms with Gasteiger partial charge in [0, 0.05) is 31.0 Å². The zero-order valence-corrected chi connectivity index (χ0v) is 18.4. The highest BCUT2D eigenvalue weighted by Crippen LogP contribution is 2.25. The highest BCUT2D eigenvalue weighted by atomic mass is 32.2. The van der Waals surface area contributed by atoms with Gasteiger partial charge >= 0.3 is 0 Å². The van der Waals surface area contributed by atoms with Crippen LogP contribution in [-0.4, -0.2) is 43.1 Å². The van der Waals surface area contributed by atoms with E-state index in [1.807, 2.05) is 57.8 Å². The van der Waals surface area contributed by atoms with E-state index in [0.29, 0.717) is 28.6 Å². The first kappa shape index (κ1) is 20.5. The number of carbonyl (C=O) groups is 1. The first-order valence-corrected chi connectivity index (χ1v) is 11.6. The van der Waals surface area contributed by atoms with Crippen LogP contribution in [0.15, 0.2) is 71.1 Å². The van der Waals surface area contributed by atoms with Gasteiger partial charge in [0.25, 0.3) is 11.5 Å². The Kier molecular flexibility index (Phi) is 5.53. The number of nitrogens with zero attached hydrogens (tertiary/aromatic N) is 5. The van der Waals surface area contributed by atoms with Gasteiger partial charge in [0.1, 0.15) is 0 Å². The molecule has 3 heterocycles. The van der Waals surface area contributed by atoms with Crippen LogP contribution in [0.5, 0.6) is 0 Å². The number of carbonyl (C=O) groups excluding carboxylic acids is 1. The summed E-state index contributed by atoms with van der Waals surface area (Å²) in [6.45, 7) is 5.82. The molecule has 1 aliphatic heterocycles. The predicted molar refractivity (Wildman–Crippen MR) is 126 cm³/mol. The summed E-state index contributed by atoms with van der Waals surface area (Å²) >= 11 is 1.55. The lowest BCUT2D eigenvalue weighted by Gasteiger charge is -2.15. The molecule has 2 aromatic carbocycles. The molecule has 0 unspecified atom stereocenters. The number of aromatic nitrogens is 4. The monoisotopic (exact) mass is 445 g/mol. The van der Waals surface area contributed by atoms with Crippen molar-refractivity contribution in [2.45, 2.75) is 30.3 Å². The third-order valence-electron chi connectivity index (χ3n) is 5.75. The lowest BCUT2D eigenvalue weighted by molar-refractivity contribution is 0.0793. The number of hydrogen-bond donors (Lipinski definition) is 0. The van der Waals surface area contributed by atoms with Gasteiger partial charge in [0.2, 0.25) is 5.78 Å². The van der Waals surface area contributed by atoms with Crippen molar-refractivity contribution in [2.24, 2.45) is 0 Å². The van der Waals surface area contributed by atoms with E-state index in [9.17, 15) is 9.59 Å². The standard InChI is InChI=1S/C24H23N5O2S/c1-2-13-28-22(31)19-7-3-4-8-20(19)29-23(28)25-26-24(29)32-16-17-9-11-18(12-10-17)21(30)27-14-5-6-15-27/h2-4,7-12H,1,5-6,13-16H2. The molecule has 0 atom stereocenters. The van der Waals surface area contributed by atoms with E-state index in [-0.39, 0.29) is 11.5 Å². The molecule has 0 saturated carbocycles. The molecule has 32 heavy (non-hydrogen) atoms. The van der Waals surface area contributed by atoms with E-state index in [1.54, 1.807) is 22.4 Å². The second-order valence-electron chi connectivity index (χ2n) is 7.82. The summed E-state index contributed by atoms with van der Waals surface area (Å²) < 4.78 is 3.52. The fraction of sp³-hybridized carbons (Fsp3) is 0.250. The number of allylic oxidation sites excluding steroid dienone is 1. The normalized spacial score (nSPS) is 13.8. The molecular formula is C24H23N5O2S. The van der Waals surface area contributed by atoms with Gasteiger partial charge in [-0.25, -0.2) is 0 Å². The third-order valence-corrected chi connectivity index (χ3v) is 6.75. The molecular weight excluding hydrogens is 422 g/mol. The topological polar surface area (TPSA) is 72.5 Å².